The lowest BCUT2D eigenvalue weighted by molar-refractivity contribution is -0.150. The van der Waals surface area contributed by atoms with Crippen LogP contribution in [0.3, 0.4) is 0 Å². The second-order valence-electron chi connectivity index (χ2n) is 16.1. The number of benzene rings is 3. The van der Waals surface area contributed by atoms with Crippen molar-refractivity contribution in [3.8, 4) is 0 Å². The van der Waals surface area contributed by atoms with Crippen LogP contribution < -0.4 is 11.1 Å². The van der Waals surface area contributed by atoms with E-state index in [1.54, 1.807) is 36.6 Å². The van der Waals surface area contributed by atoms with Crippen LogP contribution in [0.4, 0.5) is 9.93 Å². The fourth-order valence-corrected chi connectivity index (χ4v) is 9.82. The van der Waals surface area contributed by atoms with Gasteiger partial charge in [-0.25, -0.2) is 9.59 Å². The molecule has 3 fully saturated rings. The minimum atomic E-state index is -1.36. The number of likely N-dealkylation sites (tertiary alicyclic amines) is 2. The molecular formula is C44H44N8O8S2. The second kappa shape index (κ2) is 17.1. The standard InChI is InChI=1S/C44H44N8O8S2/c1-43(2,3)59-42(58)50-21-20-31(24-50)51-22-19-26(37(51)54)23-27-25-61-39-33(38(55)52(39)34(27)40(56)57)46-36(53)32(35-47-41(45)62-49-35)48-60-44(28-13-7-4-8-14-28,29-15-9-5-10-16-29)30-17-11-6-12-18-30/h4-18,23,31,33,39H,19-22,24-25H2,1-3H3,(H,46,53)(H,56,57)(H2,45,47,49)/b26-23+,48-32+. The molecule has 3 atom stereocenters. The van der Waals surface area contributed by atoms with Gasteiger partial charge < -0.3 is 35.5 Å². The Hall–Kier alpha value is -6.53. The van der Waals surface area contributed by atoms with Crippen molar-refractivity contribution in [2.75, 3.05) is 31.1 Å². The predicted octanol–water partition coefficient (Wildman–Crippen LogP) is 4.74. The Morgan fingerprint density at radius 1 is 0.935 bits per heavy atom. The van der Waals surface area contributed by atoms with Gasteiger partial charge in [0.05, 0.1) is 6.04 Å². The number of aliphatic carboxylic acids is 1. The summed E-state index contributed by atoms with van der Waals surface area (Å²) >= 11 is 2.11. The average Bonchev–Trinajstić information content (AvgIpc) is 4.02. The number of carbonyl (C=O) groups is 5. The van der Waals surface area contributed by atoms with E-state index in [2.05, 4.69) is 19.8 Å². The summed E-state index contributed by atoms with van der Waals surface area (Å²) in [6.07, 6.45) is 2.09. The molecule has 0 saturated carbocycles. The van der Waals surface area contributed by atoms with Gasteiger partial charge in [-0.3, -0.25) is 19.3 Å². The van der Waals surface area contributed by atoms with Gasteiger partial charge in [0.15, 0.2) is 5.13 Å². The van der Waals surface area contributed by atoms with E-state index in [1.807, 2.05) is 91.0 Å². The van der Waals surface area contributed by atoms with Crippen LogP contribution in [0, 0.1) is 0 Å². The molecule has 4 N–H and O–H groups in total. The van der Waals surface area contributed by atoms with Crippen molar-refractivity contribution in [3.05, 3.63) is 136 Å². The number of allylic oxidation sites excluding steroid dienone is 1. The van der Waals surface area contributed by atoms with E-state index in [0.29, 0.717) is 60.3 Å². The van der Waals surface area contributed by atoms with Crippen molar-refractivity contribution in [2.24, 2.45) is 5.16 Å². The van der Waals surface area contributed by atoms with Gasteiger partial charge in [0, 0.05) is 59.2 Å². The summed E-state index contributed by atoms with van der Waals surface area (Å²) < 4.78 is 9.76. The molecule has 320 valence electrons. The summed E-state index contributed by atoms with van der Waals surface area (Å²) in [5.74, 6) is -3.06. The van der Waals surface area contributed by atoms with Crippen LogP contribution in [0.15, 0.2) is 119 Å². The maximum Gasteiger partial charge on any atom is 0.410 e. The molecule has 1 aromatic heterocycles. The van der Waals surface area contributed by atoms with Gasteiger partial charge >= 0.3 is 12.1 Å². The van der Waals surface area contributed by atoms with Crippen molar-refractivity contribution in [1.29, 1.82) is 0 Å². The number of oxime groups is 1. The molecule has 4 amide bonds. The normalized spacial score (nSPS) is 21.2. The smallest absolute Gasteiger partial charge is 0.410 e. The van der Waals surface area contributed by atoms with Crippen LogP contribution >= 0.6 is 23.3 Å². The Labute approximate surface area is 365 Å². The molecule has 0 aliphatic carbocycles. The van der Waals surface area contributed by atoms with E-state index in [9.17, 15) is 29.1 Å². The first kappa shape index (κ1) is 42.2. The molecule has 3 unspecified atom stereocenters. The fourth-order valence-electron chi connectivity index (χ4n) is 8.08. The largest absolute Gasteiger partial charge is 0.477 e. The molecule has 62 heavy (non-hydrogen) atoms. The number of amides is 4. The number of thioether (sulfide) groups is 1. The van der Waals surface area contributed by atoms with Gasteiger partial charge in [-0.2, -0.15) is 9.36 Å². The van der Waals surface area contributed by atoms with Crippen molar-refractivity contribution < 1.29 is 38.7 Å². The molecule has 5 heterocycles. The minimum absolute atomic E-state index is 0.0717. The number of nitrogen functional groups attached to an aromatic ring is 1. The average molecular weight is 877 g/mol. The van der Waals surface area contributed by atoms with Gasteiger partial charge in [-0.05, 0) is 45.3 Å². The number of hydrogen-bond acceptors (Lipinski definition) is 13. The summed E-state index contributed by atoms with van der Waals surface area (Å²) in [5, 5.41) is 16.9. The highest BCUT2D eigenvalue weighted by Crippen LogP contribution is 2.43. The number of aromatic nitrogens is 2. The van der Waals surface area contributed by atoms with Crippen LogP contribution in [-0.4, -0.2) is 113 Å². The van der Waals surface area contributed by atoms with Crippen molar-refractivity contribution in [3.63, 3.8) is 0 Å². The number of carboxylic acids is 1. The Morgan fingerprint density at radius 3 is 2.10 bits per heavy atom. The fraction of sp³-hybridized carbons (Fsp3) is 0.318. The zero-order chi connectivity index (χ0) is 43.8. The number of nitrogens with two attached hydrogens (primary N) is 1. The highest BCUT2D eigenvalue weighted by atomic mass is 32.2. The van der Waals surface area contributed by atoms with Crippen molar-refractivity contribution in [2.45, 2.75) is 62.3 Å². The third-order valence-corrected chi connectivity index (χ3v) is 12.8. The Morgan fingerprint density at radius 2 is 1.55 bits per heavy atom. The lowest BCUT2D eigenvalue weighted by Crippen LogP contribution is -2.71. The Balaban J connectivity index is 1.03. The van der Waals surface area contributed by atoms with Crippen LogP contribution in [-0.2, 0) is 34.4 Å². The molecule has 16 nitrogen and oxygen atoms in total. The number of fused-ring (bicyclic) bond motifs is 1. The second-order valence-corrected chi connectivity index (χ2v) is 18.0. The lowest BCUT2D eigenvalue weighted by Gasteiger charge is -2.49. The van der Waals surface area contributed by atoms with Crippen LogP contribution in [0.5, 0.6) is 0 Å². The first-order valence-electron chi connectivity index (χ1n) is 20.0. The number of anilines is 1. The first-order chi connectivity index (χ1) is 29.7. The summed E-state index contributed by atoms with van der Waals surface area (Å²) in [7, 11) is 0. The van der Waals surface area contributed by atoms with Crippen LogP contribution in [0.25, 0.3) is 0 Å². The Bertz CT molecular complexity index is 2390. The van der Waals surface area contributed by atoms with E-state index in [4.69, 9.17) is 15.3 Å². The minimum Gasteiger partial charge on any atom is -0.477 e. The number of β-lactam (4-membered cyclic amide) rings is 1. The number of carboxylic acid groups (broad SMARTS) is 1. The summed E-state index contributed by atoms with van der Waals surface area (Å²) in [6.45, 7) is 6.59. The van der Waals surface area contributed by atoms with Crippen molar-refractivity contribution in [1.82, 2.24) is 29.4 Å². The molecule has 8 rings (SSSR count). The molecule has 0 bridgehead atoms. The number of rotatable bonds is 11. The molecule has 18 heteroatoms. The maximum atomic E-state index is 14.3. The summed E-state index contributed by atoms with van der Waals surface area (Å²) in [6, 6.07) is 26.9. The zero-order valence-electron chi connectivity index (χ0n) is 34.1. The molecule has 4 aromatic rings. The highest BCUT2D eigenvalue weighted by molar-refractivity contribution is 8.00. The van der Waals surface area contributed by atoms with Crippen LogP contribution in [0.1, 0.15) is 56.1 Å². The number of carbonyl (C=O) groups excluding carboxylic acids is 4. The summed E-state index contributed by atoms with van der Waals surface area (Å²) in [5.41, 5.74) is 6.21. The van der Waals surface area contributed by atoms with Gasteiger partial charge in [-0.1, -0.05) is 96.2 Å². The number of ether oxygens (including phenoxy) is 1. The van der Waals surface area contributed by atoms with E-state index in [-0.39, 0.29) is 40.1 Å². The van der Waals surface area contributed by atoms with E-state index >= 15 is 0 Å². The van der Waals surface area contributed by atoms with Gasteiger partial charge in [-0.15, -0.1) is 11.8 Å². The molecule has 0 radical (unpaired) electrons. The molecule has 0 spiro atoms. The molecule has 4 aliphatic rings. The van der Waals surface area contributed by atoms with Gasteiger partial charge in [0.2, 0.25) is 23.0 Å². The topological polar surface area (TPSA) is 210 Å². The van der Waals surface area contributed by atoms with Crippen LogP contribution in [0.2, 0.25) is 0 Å². The first-order valence-corrected chi connectivity index (χ1v) is 21.8. The highest BCUT2D eigenvalue weighted by Gasteiger charge is 2.55. The number of hydrogen-bond donors (Lipinski definition) is 3. The Kier molecular flexibility index (Phi) is 11.6. The van der Waals surface area contributed by atoms with E-state index in [1.165, 1.54) is 11.8 Å². The zero-order valence-corrected chi connectivity index (χ0v) is 35.7. The monoisotopic (exact) mass is 876 g/mol. The summed E-state index contributed by atoms with van der Waals surface area (Å²) in [4.78, 5) is 82.5. The molecule has 4 aliphatic heterocycles. The molecular weight excluding hydrogens is 833 g/mol. The van der Waals surface area contributed by atoms with Crippen molar-refractivity contribution >= 4 is 63.9 Å². The third-order valence-electron chi connectivity index (χ3n) is 10.9. The molecule has 3 aromatic carbocycles. The molecule has 3 saturated heterocycles. The predicted molar refractivity (Wildman–Crippen MR) is 231 cm³/mol. The van der Waals surface area contributed by atoms with E-state index < -0.39 is 46.5 Å². The van der Waals surface area contributed by atoms with E-state index in [0.717, 1.165) is 16.4 Å². The number of nitrogens with zero attached hydrogens (tertiary/aromatic N) is 6. The quantitative estimate of drug-likeness (QED) is 0.0614. The van der Waals surface area contributed by atoms with Gasteiger partial charge in [0.25, 0.3) is 11.8 Å². The SMILES string of the molecule is CC(C)(C)OC(=O)N1CCC(N2CC/C(=C\C3=C(C(=O)O)N4C(=O)C(NC(=O)/C(=N/OC(c5ccccc5)(c5ccccc5)c5ccccc5)c5nsc(N)n5)C4SC3)C2=O)C1. The lowest BCUT2D eigenvalue weighted by atomic mass is 9.80. The third kappa shape index (κ3) is 8.14. The number of nitrogens with one attached hydrogen (secondary N) is 1. The maximum absolute atomic E-state index is 14.3. The van der Waals surface area contributed by atoms with Gasteiger partial charge in [0.1, 0.15) is 22.7 Å².